The summed E-state index contributed by atoms with van der Waals surface area (Å²) in [7, 11) is 0. The van der Waals surface area contributed by atoms with Crippen LogP contribution in [0.5, 0.6) is 0 Å². The van der Waals surface area contributed by atoms with E-state index in [4.69, 9.17) is 0 Å². The first kappa shape index (κ1) is 18.2. The smallest absolute Gasteiger partial charge is 0.318 e. The summed E-state index contributed by atoms with van der Waals surface area (Å²) in [5.74, 6) is -1.34. The average Bonchev–Trinajstić information content (AvgIpc) is 3.04. The molecule has 6 heteroatoms. The maximum absolute atomic E-state index is 14.0. The molecule has 0 saturated heterocycles. The molecular formula is C22H21F2N3O. The van der Waals surface area contributed by atoms with Crippen LogP contribution in [-0.2, 0) is 6.54 Å². The zero-order valence-corrected chi connectivity index (χ0v) is 15.7. The summed E-state index contributed by atoms with van der Waals surface area (Å²) in [6.45, 7) is 4.08. The molecule has 0 fully saturated rings. The molecule has 0 unspecified atom stereocenters. The highest BCUT2D eigenvalue weighted by Gasteiger charge is 2.33. The Balaban J connectivity index is 1.93. The minimum atomic E-state index is -0.668. The summed E-state index contributed by atoms with van der Waals surface area (Å²) in [6.07, 6.45) is 1.90. The Labute approximate surface area is 162 Å². The Kier molecular flexibility index (Phi) is 4.63. The number of halogens is 2. The fraction of sp³-hybridized carbons (Fsp3) is 0.227. The van der Waals surface area contributed by atoms with Crippen LogP contribution in [0.3, 0.4) is 0 Å². The van der Waals surface area contributed by atoms with E-state index in [1.54, 1.807) is 4.90 Å². The SMILES string of the molecule is CC(C)NC(=O)N1Cc2ccccc2-n2cccc2[C@@H]1c1cc(F)cc(F)c1. The molecule has 1 atom stereocenters. The molecule has 1 aliphatic heterocycles. The number of aromatic nitrogens is 1. The topological polar surface area (TPSA) is 37.3 Å². The van der Waals surface area contributed by atoms with Crippen molar-refractivity contribution in [1.82, 2.24) is 14.8 Å². The summed E-state index contributed by atoms with van der Waals surface area (Å²) >= 11 is 0. The molecule has 2 aromatic carbocycles. The van der Waals surface area contributed by atoms with Crippen LogP contribution in [0.4, 0.5) is 13.6 Å². The Morgan fingerprint density at radius 3 is 2.50 bits per heavy atom. The van der Waals surface area contributed by atoms with Gasteiger partial charge in [0.15, 0.2) is 0 Å². The Hall–Kier alpha value is -3.15. The van der Waals surface area contributed by atoms with Crippen molar-refractivity contribution in [3.05, 3.63) is 89.2 Å². The summed E-state index contributed by atoms with van der Waals surface area (Å²) < 4.78 is 30.0. The summed E-state index contributed by atoms with van der Waals surface area (Å²) in [5, 5.41) is 2.91. The number of hydrogen-bond acceptors (Lipinski definition) is 1. The second-order valence-electron chi connectivity index (χ2n) is 7.27. The molecule has 0 aliphatic carbocycles. The zero-order valence-electron chi connectivity index (χ0n) is 15.7. The van der Waals surface area contributed by atoms with Crippen molar-refractivity contribution in [2.24, 2.45) is 0 Å². The molecule has 1 aliphatic rings. The Morgan fingerprint density at radius 2 is 1.79 bits per heavy atom. The highest BCUT2D eigenvalue weighted by molar-refractivity contribution is 5.76. The molecule has 144 valence electrons. The van der Waals surface area contributed by atoms with Crippen molar-refractivity contribution in [2.75, 3.05) is 0 Å². The van der Waals surface area contributed by atoms with Gasteiger partial charge in [0, 0.05) is 24.0 Å². The van der Waals surface area contributed by atoms with E-state index >= 15 is 0 Å². The lowest BCUT2D eigenvalue weighted by atomic mass is 10.0. The van der Waals surface area contributed by atoms with Crippen molar-refractivity contribution in [3.63, 3.8) is 0 Å². The highest BCUT2D eigenvalue weighted by Crippen LogP contribution is 2.37. The maximum atomic E-state index is 14.0. The predicted molar refractivity (Wildman–Crippen MR) is 103 cm³/mol. The molecule has 0 spiro atoms. The van der Waals surface area contributed by atoms with Crippen molar-refractivity contribution in [1.29, 1.82) is 0 Å². The zero-order chi connectivity index (χ0) is 19.8. The monoisotopic (exact) mass is 381 g/mol. The van der Waals surface area contributed by atoms with Crippen molar-refractivity contribution in [2.45, 2.75) is 32.5 Å². The average molecular weight is 381 g/mol. The number of benzene rings is 2. The van der Waals surface area contributed by atoms with E-state index in [0.29, 0.717) is 12.1 Å². The lowest BCUT2D eigenvalue weighted by Crippen LogP contribution is -2.44. The van der Waals surface area contributed by atoms with Crippen LogP contribution in [0.1, 0.15) is 36.7 Å². The molecule has 0 saturated carbocycles. The summed E-state index contributed by atoms with van der Waals surface area (Å²) in [6, 6.07) is 14.0. The van der Waals surface area contributed by atoms with Gasteiger partial charge >= 0.3 is 6.03 Å². The third-order valence-electron chi connectivity index (χ3n) is 4.84. The number of nitrogens with zero attached hydrogens (tertiary/aromatic N) is 2. The molecule has 0 bridgehead atoms. The number of carbonyl (C=O) groups is 1. The second kappa shape index (κ2) is 7.11. The first-order valence-electron chi connectivity index (χ1n) is 9.22. The Morgan fingerprint density at radius 1 is 1.07 bits per heavy atom. The van der Waals surface area contributed by atoms with Crippen LogP contribution in [0.15, 0.2) is 60.8 Å². The number of fused-ring (bicyclic) bond motifs is 3. The molecule has 3 aromatic rings. The predicted octanol–water partition coefficient (Wildman–Crippen LogP) is 4.78. The number of rotatable bonds is 2. The molecule has 0 radical (unpaired) electrons. The van der Waals surface area contributed by atoms with E-state index in [-0.39, 0.29) is 12.1 Å². The van der Waals surface area contributed by atoms with Gasteiger partial charge in [-0.2, -0.15) is 0 Å². The van der Waals surface area contributed by atoms with E-state index < -0.39 is 17.7 Å². The first-order valence-corrected chi connectivity index (χ1v) is 9.22. The second-order valence-corrected chi connectivity index (χ2v) is 7.27. The number of nitrogens with one attached hydrogen (secondary N) is 1. The fourth-order valence-corrected chi connectivity index (χ4v) is 3.75. The van der Waals surface area contributed by atoms with Crippen molar-refractivity contribution < 1.29 is 13.6 Å². The number of amides is 2. The number of carbonyl (C=O) groups excluding carboxylic acids is 1. The van der Waals surface area contributed by atoms with Gasteiger partial charge in [0.2, 0.25) is 0 Å². The minimum Gasteiger partial charge on any atom is -0.336 e. The Bertz CT molecular complexity index is 1010. The van der Waals surface area contributed by atoms with Gasteiger partial charge < -0.3 is 14.8 Å². The molecular weight excluding hydrogens is 360 g/mol. The maximum Gasteiger partial charge on any atom is 0.318 e. The fourth-order valence-electron chi connectivity index (χ4n) is 3.75. The van der Waals surface area contributed by atoms with E-state index in [1.165, 1.54) is 12.1 Å². The molecule has 2 amide bonds. The molecule has 1 N–H and O–H groups in total. The molecule has 1 aromatic heterocycles. The standard InChI is InChI=1S/C22H21F2N3O/c1-14(2)25-22(28)27-13-15-6-3-4-7-19(15)26-9-5-8-20(26)21(27)16-10-17(23)12-18(24)11-16/h3-12,14,21H,13H2,1-2H3,(H,25,28)/t21-/m0/s1. The van der Waals surface area contributed by atoms with E-state index in [9.17, 15) is 13.6 Å². The van der Waals surface area contributed by atoms with Crippen LogP contribution in [-0.4, -0.2) is 21.5 Å². The third kappa shape index (κ3) is 3.26. The van der Waals surface area contributed by atoms with Gasteiger partial charge in [0.25, 0.3) is 0 Å². The van der Waals surface area contributed by atoms with Gasteiger partial charge in [-0.15, -0.1) is 0 Å². The molecule has 4 nitrogen and oxygen atoms in total. The van der Waals surface area contributed by atoms with E-state index in [1.807, 2.05) is 61.0 Å². The summed E-state index contributed by atoms with van der Waals surface area (Å²) in [4.78, 5) is 14.7. The van der Waals surface area contributed by atoms with Crippen LogP contribution in [0, 0.1) is 11.6 Å². The van der Waals surface area contributed by atoms with Crippen LogP contribution >= 0.6 is 0 Å². The molecule has 4 rings (SSSR count). The van der Waals surface area contributed by atoms with Gasteiger partial charge in [-0.05, 0) is 55.3 Å². The number of urea groups is 1. The minimum absolute atomic E-state index is 0.0670. The van der Waals surface area contributed by atoms with Crippen LogP contribution < -0.4 is 5.32 Å². The van der Waals surface area contributed by atoms with Gasteiger partial charge in [0.05, 0.1) is 18.3 Å². The van der Waals surface area contributed by atoms with Crippen LogP contribution in [0.2, 0.25) is 0 Å². The van der Waals surface area contributed by atoms with E-state index in [2.05, 4.69) is 5.32 Å². The summed E-state index contributed by atoms with van der Waals surface area (Å²) in [5.41, 5.74) is 3.07. The quantitative estimate of drug-likeness (QED) is 0.682. The number of para-hydroxylation sites is 1. The lowest BCUT2D eigenvalue weighted by molar-refractivity contribution is 0.178. The van der Waals surface area contributed by atoms with Gasteiger partial charge in [-0.25, -0.2) is 13.6 Å². The van der Waals surface area contributed by atoms with Gasteiger partial charge in [0.1, 0.15) is 11.6 Å². The van der Waals surface area contributed by atoms with Crippen LogP contribution in [0.25, 0.3) is 5.69 Å². The highest BCUT2D eigenvalue weighted by atomic mass is 19.1. The normalized spacial score (nSPS) is 15.8. The molecule has 28 heavy (non-hydrogen) atoms. The van der Waals surface area contributed by atoms with Gasteiger partial charge in [-0.3, -0.25) is 0 Å². The number of hydrogen-bond donors (Lipinski definition) is 1. The van der Waals surface area contributed by atoms with Crippen molar-refractivity contribution in [3.8, 4) is 5.69 Å². The largest absolute Gasteiger partial charge is 0.336 e. The van der Waals surface area contributed by atoms with E-state index in [0.717, 1.165) is 23.0 Å². The molecule has 2 heterocycles. The van der Waals surface area contributed by atoms with Gasteiger partial charge in [-0.1, -0.05) is 18.2 Å². The first-order chi connectivity index (χ1) is 13.4. The lowest BCUT2D eigenvalue weighted by Gasteiger charge is -2.31. The van der Waals surface area contributed by atoms with Crippen molar-refractivity contribution >= 4 is 6.03 Å². The third-order valence-corrected chi connectivity index (χ3v) is 4.84.